The molecular formula is C10H14N2O3S. The van der Waals surface area contributed by atoms with Crippen molar-refractivity contribution in [3.8, 4) is 0 Å². The Labute approximate surface area is 97.2 Å². The van der Waals surface area contributed by atoms with E-state index in [1.54, 1.807) is 5.38 Å². The normalized spacial score (nSPS) is 26.9. The zero-order valence-electron chi connectivity index (χ0n) is 8.92. The Hall–Kier alpha value is -0.980. The number of carboxylic acids is 1. The average Bonchev–Trinajstić information content (AvgIpc) is 2.84. The number of ether oxygens (including phenoxy) is 1. The number of aromatic nitrogens is 1. The van der Waals surface area contributed by atoms with Crippen LogP contribution in [-0.4, -0.2) is 22.2 Å². The van der Waals surface area contributed by atoms with E-state index in [2.05, 4.69) is 4.98 Å². The van der Waals surface area contributed by atoms with Gasteiger partial charge in [-0.2, -0.15) is 0 Å². The van der Waals surface area contributed by atoms with Crippen LogP contribution in [-0.2, 0) is 9.53 Å². The van der Waals surface area contributed by atoms with Crippen LogP contribution in [0.3, 0.4) is 0 Å². The summed E-state index contributed by atoms with van der Waals surface area (Å²) in [6.45, 7) is 2.03. The van der Waals surface area contributed by atoms with E-state index in [1.165, 1.54) is 11.3 Å². The fourth-order valence-electron chi connectivity index (χ4n) is 1.70. The molecule has 16 heavy (non-hydrogen) atoms. The van der Waals surface area contributed by atoms with Gasteiger partial charge in [-0.15, -0.1) is 11.3 Å². The predicted octanol–water partition coefficient (Wildman–Crippen LogP) is 1.47. The van der Waals surface area contributed by atoms with Gasteiger partial charge < -0.3 is 15.6 Å². The Balaban J connectivity index is 2.10. The minimum Gasteiger partial charge on any atom is -0.480 e. The lowest BCUT2D eigenvalue weighted by atomic mass is 10.2. The first-order chi connectivity index (χ1) is 7.58. The third-order valence-corrected chi connectivity index (χ3v) is 3.59. The highest BCUT2D eigenvalue weighted by atomic mass is 32.1. The molecule has 0 radical (unpaired) electrons. The van der Waals surface area contributed by atoms with Crippen LogP contribution in [0, 0.1) is 0 Å². The Bertz CT molecular complexity index is 393. The van der Waals surface area contributed by atoms with E-state index >= 15 is 0 Å². The largest absolute Gasteiger partial charge is 0.480 e. The molecule has 3 atom stereocenters. The number of thiazole rings is 1. The first-order valence-corrected chi connectivity index (χ1v) is 6.05. The van der Waals surface area contributed by atoms with Crippen molar-refractivity contribution in [3.63, 3.8) is 0 Å². The fourth-order valence-corrected chi connectivity index (χ4v) is 2.63. The van der Waals surface area contributed by atoms with E-state index in [0.29, 0.717) is 5.69 Å². The van der Waals surface area contributed by atoms with Crippen molar-refractivity contribution in [1.82, 2.24) is 4.98 Å². The summed E-state index contributed by atoms with van der Waals surface area (Å²) in [5.74, 6) is -1.06. The number of hydrogen-bond acceptors (Lipinski definition) is 5. The molecule has 2 heterocycles. The van der Waals surface area contributed by atoms with Crippen LogP contribution in [0.4, 0.5) is 0 Å². The van der Waals surface area contributed by atoms with Gasteiger partial charge in [-0.25, -0.2) is 4.98 Å². The van der Waals surface area contributed by atoms with Crippen LogP contribution < -0.4 is 5.73 Å². The van der Waals surface area contributed by atoms with Gasteiger partial charge in [0.2, 0.25) is 0 Å². The minimum atomic E-state index is -1.06. The minimum absolute atomic E-state index is 0.00902. The summed E-state index contributed by atoms with van der Waals surface area (Å²) in [6, 6.07) is -1.04. The van der Waals surface area contributed by atoms with E-state index in [-0.39, 0.29) is 12.2 Å². The first kappa shape index (κ1) is 11.5. The lowest BCUT2D eigenvalue weighted by Gasteiger charge is -2.07. The molecular weight excluding hydrogens is 228 g/mol. The van der Waals surface area contributed by atoms with Crippen molar-refractivity contribution in [1.29, 1.82) is 0 Å². The van der Waals surface area contributed by atoms with Crippen molar-refractivity contribution in [2.75, 3.05) is 0 Å². The molecule has 0 aliphatic carbocycles. The van der Waals surface area contributed by atoms with Gasteiger partial charge >= 0.3 is 5.97 Å². The molecule has 6 heteroatoms. The van der Waals surface area contributed by atoms with E-state index in [0.717, 1.165) is 17.8 Å². The van der Waals surface area contributed by atoms with Crippen LogP contribution in [0.1, 0.15) is 42.6 Å². The van der Waals surface area contributed by atoms with E-state index < -0.39 is 12.0 Å². The topological polar surface area (TPSA) is 85.4 Å². The highest BCUT2D eigenvalue weighted by molar-refractivity contribution is 7.09. The molecule has 1 saturated heterocycles. The maximum atomic E-state index is 10.7. The summed E-state index contributed by atoms with van der Waals surface area (Å²) in [5, 5.41) is 11.3. The van der Waals surface area contributed by atoms with Gasteiger partial charge in [0, 0.05) is 5.38 Å². The molecule has 1 aromatic heterocycles. The average molecular weight is 242 g/mol. The molecule has 0 bridgehead atoms. The summed E-state index contributed by atoms with van der Waals surface area (Å²) in [6.07, 6.45) is 2.22. The molecule has 2 rings (SSSR count). The summed E-state index contributed by atoms with van der Waals surface area (Å²) in [7, 11) is 0. The smallest absolute Gasteiger partial charge is 0.326 e. The van der Waals surface area contributed by atoms with Crippen molar-refractivity contribution in [2.45, 2.75) is 38.0 Å². The van der Waals surface area contributed by atoms with Gasteiger partial charge in [0.15, 0.2) is 0 Å². The second-order valence-corrected chi connectivity index (χ2v) is 4.83. The third-order valence-electron chi connectivity index (χ3n) is 2.63. The molecule has 3 N–H and O–H groups in total. The molecule has 0 aromatic carbocycles. The van der Waals surface area contributed by atoms with Crippen LogP contribution in [0.5, 0.6) is 0 Å². The van der Waals surface area contributed by atoms with Gasteiger partial charge in [0.25, 0.3) is 0 Å². The van der Waals surface area contributed by atoms with Crippen molar-refractivity contribution < 1.29 is 14.6 Å². The summed E-state index contributed by atoms with van der Waals surface area (Å²) >= 11 is 1.42. The lowest BCUT2D eigenvalue weighted by Crippen LogP contribution is -2.21. The number of aliphatic carboxylic acids is 1. The number of carboxylic acid groups (broad SMARTS) is 1. The maximum absolute atomic E-state index is 10.7. The molecule has 5 nitrogen and oxygen atoms in total. The van der Waals surface area contributed by atoms with Crippen LogP contribution in [0.2, 0.25) is 0 Å². The van der Waals surface area contributed by atoms with E-state index in [1.807, 2.05) is 6.92 Å². The van der Waals surface area contributed by atoms with Crippen LogP contribution in [0.15, 0.2) is 5.38 Å². The molecule has 88 valence electrons. The van der Waals surface area contributed by atoms with Gasteiger partial charge in [-0.3, -0.25) is 4.79 Å². The molecule has 0 saturated carbocycles. The predicted molar refractivity (Wildman–Crippen MR) is 59.2 cm³/mol. The number of carbonyl (C=O) groups is 1. The number of nitrogens with two attached hydrogens (primary N) is 1. The monoisotopic (exact) mass is 242 g/mol. The molecule has 1 aliphatic rings. The van der Waals surface area contributed by atoms with Crippen LogP contribution in [0.25, 0.3) is 0 Å². The molecule has 0 amide bonds. The fraction of sp³-hybridized carbons (Fsp3) is 0.600. The van der Waals surface area contributed by atoms with E-state index in [4.69, 9.17) is 15.6 Å². The van der Waals surface area contributed by atoms with Crippen molar-refractivity contribution >= 4 is 17.3 Å². The Kier molecular flexibility index (Phi) is 3.22. The Morgan fingerprint density at radius 2 is 2.50 bits per heavy atom. The standard InChI is InChI=1S/C10H14N2O3S/c1-5-2-3-7(15-5)9-12-6(4-16-9)8(11)10(13)14/h4-5,7-8H,2-3,11H2,1H3,(H,13,14). The van der Waals surface area contributed by atoms with Gasteiger partial charge in [0.05, 0.1) is 11.8 Å². The number of rotatable bonds is 3. The highest BCUT2D eigenvalue weighted by Crippen LogP contribution is 2.34. The van der Waals surface area contributed by atoms with Crippen molar-refractivity contribution in [3.05, 3.63) is 16.1 Å². The van der Waals surface area contributed by atoms with Crippen LogP contribution >= 0.6 is 11.3 Å². The Morgan fingerprint density at radius 3 is 3.06 bits per heavy atom. The van der Waals surface area contributed by atoms with Crippen molar-refractivity contribution in [2.24, 2.45) is 5.73 Å². The second kappa shape index (κ2) is 4.48. The first-order valence-electron chi connectivity index (χ1n) is 5.17. The third kappa shape index (κ3) is 2.23. The van der Waals surface area contributed by atoms with Gasteiger partial charge in [-0.05, 0) is 19.8 Å². The number of nitrogens with zero attached hydrogens (tertiary/aromatic N) is 1. The molecule has 0 spiro atoms. The molecule has 1 aliphatic heterocycles. The zero-order valence-corrected chi connectivity index (χ0v) is 9.74. The second-order valence-electron chi connectivity index (χ2n) is 3.94. The summed E-state index contributed by atoms with van der Waals surface area (Å²) in [4.78, 5) is 14.9. The van der Waals surface area contributed by atoms with Gasteiger partial charge in [-0.1, -0.05) is 0 Å². The molecule has 3 unspecified atom stereocenters. The number of hydrogen-bond donors (Lipinski definition) is 2. The zero-order chi connectivity index (χ0) is 11.7. The highest BCUT2D eigenvalue weighted by Gasteiger charge is 2.27. The summed E-state index contributed by atoms with van der Waals surface area (Å²) < 4.78 is 5.66. The maximum Gasteiger partial charge on any atom is 0.326 e. The van der Waals surface area contributed by atoms with E-state index in [9.17, 15) is 4.79 Å². The quantitative estimate of drug-likeness (QED) is 0.838. The SMILES string of the molecule is CC1CCC(c2nc(C(N)C(=O)O)cs2)O1. The Morgan fingerprint density at radius 1 is 1.75 bits per heavy atom. The molecule has 1 fully saturated rings. The lowest BCUT2D eigenvalue weighted by molar-refractivity contribution is -0.138. The molecule has 1 aromatic rings. The summed E-state index contributed by atoms with van der Waals surface area (Å²) in [5.41, 5.74) is 5.89. The van der Waals surface area contributed by atoms with Gasteiger partial charge in [0.1, 0.15) is 17.2 Å².